The summed E-state index contributed by atoms with van der Waals surface area (Å²) in [6.45, 7) is 4.43. The molecule has 3 rings (SSSR count). The average Bonchev–Trinajstić information content (AvgIpc) is 2.52. The van der Waals surface area contributed by atoms with E-state index in [1.54, 1.807) is 24.3 Å². The van der Waals surface area contributed by atoms with E-state index in [4.69, 9.17) is 0 Å². The molecular weight excluding hydrogens is 328 g/mol. The predicted molar refractivity (Wildman–Crippen MR) is 96.9 cm³/mol. The number of anilines is 1. The third-order valence-electron chi connectivity index (χ3n) is 4.59. The minimum Gasteiger partial charge on any atom is -0.335 e. The first-order valence-corrected chi connectivity index (χ1v) is 8.33. The largest absolute Gasteiger partial charge is 0.335 e. The average molecular weight is 353 g/mol. The molecule has 1 aromatic carbocycles. The number of rotatable bonds is 3. The number of nitrogens with zero attached hydrogens (tertiary/aromatic N) is 1. The second kappa shape index (κ2) is 8.35. The van der Waals surface area contributed by atoms with Gasteiger partial charge in [-0.25, -0.2) is 4.79 Å². The molecule has 6 nitrogen and oxygen atoms in total. The normalized spacial score (nSPS) is 20.5. The Hall–Kier alpha value is -1.79. The standard InChI is InChI=1S/C17H24N4O2.ClH/c1-12-11-18-9-10-21(12)16(22)13-5-7-15(8-6-13)20-17(23)19-14-3-2-4-14;/h5-8,12,14,18H,2-4,9-11H2,1H3,(H2,19,20,23);1H/t12-;/m0./s1. The van der Waals surface area contributed by atoms with Crippen LogP contribution < -0.4 is 16.0 Å². The van der Waals surface area contributed by atoms with Gasteiger partial charge in [0.05, 0.1) is 0 Å². The SMILES string of the molecule is C[C@H]1CNCCN1C(=O)c1ccc(NC(=O)NC2CCC2)cc1.Cl. The van der Waals surface area contributed by atoms with Gasteiger partial charge in [0.15, 0.2) is 0 Å². The van der Waals surface area contributed by atoms with E-state index in [1.807, 2.05) is 11.8 Å². The van der Waals surface area contributed by atoms with Crippen LogP contribution in [0, 0.1) is 0 Å². The molecule has 0 spiro atoms. The van der Waals surface area contributed by atoms with Crippen molar-refractivity contribution in [3.63, 3.8) is 0 Å². The van der Waals surface area contributed by atoms with Crippen molar-refractivity contribution in [1.29, 1.82) is 0 Å². The molecule has 0 bridgehead atoms. The van der Waals surface area contributed by atoms with Crippen LogP contribution in [-0.4, -0.2) is 48.6 Å². The van der Waals surface area contributed by atoms with Crippen molar-refractivity contribution in [1.82, 2.24) is 15.5 Å². The van der Waals surface area contributed by atoms with E-state index >= 15 is 0 Å². The molecule has 0 aromatic heterocycles. The van der Waals surface area contributed by atoms with E-state index in [2.05, 4.69) is 16.0 Å². The molecule has 3 amide bonds. The van der Waals surface area contributed by atoms with Gasteiger partial charge in [0.1, 0.15) is 0 Å². The highest BCUT2D eigenvalue weighted by Gasteiger charge is 2.24. The molecule has 1 heterocycles. The van der Waals surface area contributed by atoms with Gasteiger partial charge in [0.25, 0.3) is 5.91 Å². The Morgan fingerprint density at radius 1 is 1.21 bits per heavy atom. The third kappa shape index (κ3) is 4.39. The predicted octanol–water partition coefficient (Wildman–Crippen LogP) is 2.22. The number of urea groups is 1. The van der Waals surface area contributed by atoms with E-state index in [0.717, 1.165) is 32.5 Å². The van der Waals surface area contributed by atoms with Crippen LogP contribution >= 0.6 is 12.4 Å². The minimum absolute atomic E-state index is 0. The molecule has 2 fully saturated rings. The van der Waals surface area contributed by atoms with Gasteiger partial charge < -0.3 is 20.9 Å². The molecule has 1 aliphatic heterocycles. The Bertz CT molecular complexity index is 574. The molecule has 2 aliphatic rings. The summed E-state index contributed by atoms with van der Waals surface area (Å²) in [5.41, 5.74) is 1.36. The molecule has 1 saturated heterocycles. The maximum Gasteiger partial charge on any atom is 0.319 e. The molecule has 1 aromatic rings. The number of benzene rings is 1. The van der Waals surface area contributed by atoms with Crippen LogP contribution in [0.15, 0.2) is 24.3 Å². The fraction of sp³-hybridized carbons (Fsp3) is 0.529. The molecule has 24 heavy (non-hydrogen) atoms. The van der Waals surface area contributed by atoms with E-state index < -0.39 is 0 Å². The van der Waals surface area contributed by atoms with Crippen LogP contribution in [0.5, 0.6) is 0 Å². The van der Waals surface area contributed by atoms with Gasteiger partial charge in [-0.1, -0.05) is 0 Å². The van der Waals surface area contributed by atoms with Crippen LogP contribution in [0.2, 0.25) is 0 Å². The molecule has 132 valence electrons. The van der Waals surface area contributed by atoms with Crippen molar-refractivity contribution in [3.8, 4) is 0 Å². The molecule has 1 saturated carbocycles. The topological polar surface area (TPSA) is 73.5 Å². The molecule has 1 aliphatic carbocycles. The second-order valence-electron chi connectivity index (χ2n) is 6.36. The van der Waals surface area contributed by atoms with Gasteiger partial charge in [-0.15, -0.1) is 12.4 Å². The summed E-state index contributed by atoms with van der Waals surface area (Å²) < 4.78 is 0. The Labute approximate surface area is 148 Å². The van der Waals surface area contributed by atoms with Gasteiger partial charge in [-0.3, -0.25) is 4.79 Å². The molecular formula is C17H25ClN4O2. The number of hydrogen-bond donors (Lipinski definition) is 3. The summed E-state index contributed by atoms with van der Waals surface area (Å²) >= 11 is 0. The van der Waals surface area contributed by atoms with E-state index in [1.165, 1.54) is 6.42 Å². The zero-order valence-electron chi connectivity index (χ0n) is 13.9. The van der Waals surface area contributed by atoms with Crippen LogP contribution in [0.4, 0.5) is 10.5 Å². The van der Waals surface area contributed by atoms with Crippen LogP contribution in [0.25, 0.3) is 0 Å². The van der Waals surface area contributed by atoms with Crippen LogP contribution in [0.3, 0.4) is 0 Å². The van der Waals surface area contributed by atoms with Crippen molar-refractivity contribution in [3.05, 3.63) is 29.8 Å². The minimum atomic E-state index is -0.176. The summed E-state index contributed by atoms with van der Waals surface area (Å²) in [4.78, 5) is 26.2. The number of piperazine rings is 1. The summed E-state index contributed by atoms with van der Waals surface area (Å²) in [6.07, 6.45) is 3.31. The summed E-state index contributed by atoms with van der Waals surface area (Å²) in [6, 6.07) is 7.43. The van der Waals surface area contributed by atoms with E-state index in [-0.39, 0.29) is 30.4 Å². The Morgan fingerprint density at radius 2 is 1.92 bits per heavy atom. The van der Waals surface area contributed by atoms with Crippen LogP contribution in [0.1, 0.15) is 36.5 Å². The Kier molecular flexibility index (Phi) is 6.45. The lowest BCUT2D eigenvalue weighted by molar-refractivity contribution is 0.0656. The van der Waals surface area contributed by atoms with E-state index in [9.17, 15) is 9.59 Å². The van der Waals surface area contributed by atoms with Crippen molar-refractivity contribution < 1.29 is 9.59 Å². The number of carbonyl (C=O) groups excluding carboxylic acids is 2. The molecule has 7 heteroatoms. The van der Waals surface area contributed by atoms with Gasteiger partial charge >= 0.3 is 6.03 Å². The van der Waals surface area contributed by atoms with Crippen LogP contribution in [-0.2, 0) is 0 Å². The third-order valence-corrected chi connectivity index (χ3v) is 4.59. The zero-order chi connectivity index (χ0) is 16.2. The highest BCUT2D eigenvalue weighted by Crippen LogP contribution is 2.18. The number of halogens is 1. The van der Waals surface area contributed by atoms with Crippen molar-refractivity contribution in [2.75, 3.05) is 25.0 Å². The monoisotopic (exact) mass is 352 g/mol. The highest BCUT2D eigenvalue weighted by atomic mass is 35.5. The van der Waals surface area contributed by atoms with Crippen molar-refractivity contribution >= 4 is 30.0 Å². The maximum atomic E-state index is 12.5. The molecule has 0 unspecified atom stereocenters. The zero-order valence-corrected chi connectivity index (χ0v) is 14.7. The second-order valence-corrected chi connectivity index (χ2v) is 6.36. The highest BCUT2D eigenvalue weighted by molar-refractivity contribution is 5.95. The summed E-state index contributed by atoms with van der Waals surface area (Å²) in [5, 5.41) is 9.02. The number of carbonyl (C=O) groups is 2. The lowest BCUT2D eigenvalue weighted by Gasteiger charge is -2.34. The van der Waals surface area contributed by atoms with Crippen molar-refractivity contribution in [2.45, 2.75) is 38.3 Å². The first kappa shape index (κ1) is 18.5. The number of nitrogens with one attached hydrogen (secondary N) is 3. The lowest BCUT2D eigenvalue weighted by Crippen LogP contribution is -2.52. The Morgan fingerprint density at radius 3 is 2.50 bits per heavy atom. The van der Waals surface area contributed by atoms with Gasteiger partial charge in [-0.2, -0.15) is 0 Å². The molecule has 3 N–H and O–H groups in total. The summed E-state index contributed by atoms with van der Waals surface area (Å²) in [5.74, 6) is 0.0458. The van der Waals surface area contributed by atoms with E-state index in [0.29, 0.717) is 17.3 Å². The van der Waals surface area contributed by atoms with Gasteiger partial charge in [0, 0.05) is 43.0 Å². The fourth-order valence-corrected chi connectivity index (χ4v) is 2.91. The number of amides is 3. The lowest BCUT2D eigenvalue weighted by atomic mass is 9.93. The fourth-order valence-electron chi connectivity index (χ4n) is 2.91. The quantitative estimate of drug-likeness (QED) is 0.781. The summed E-state index contributed by atoms with van der Waals surface area (Å²) in [7, 11) is 0. The molecule has 0 radical (unpaired) electrons. The van der Waals surface area contributed by atoms with Gasteiger partial charge in [-0.05, 0) is 50.5 Å². The van der Waals surface area contributed by atoms with Crippen molar-refractivity contribution in [2.24, 2.45) is 0 Å². The first-order chi connectivity index (χ1) is 11.1. The first-order valence-electron chi connectivity index (χ1n) is 8.33. The molecule has 1 atom stereocenters. The smallest absolute Gasteiger partial charge is 0.319 e. The van der Waals surface area contributed by atoms with Gasteiger partial charge in [0.2, 0.25) is 0 Å². The Balaban J connectivity index is 0.00000208. The maximum absolute atomic E-state index is 12.5. The number of hydrogen-bond acceptors (Lipinski definition) is 3.